The molecule has 0 bridgehead atoms. The average molecular weight is 548 g/mol. The molecule has 0 aliphatic rings. The molecule has 0 aliphatic carbocycles. The molecule has 0 unspecified atom stereocenters. The number of rotatable bonds is 8. The molecule has 0 radical (unpaired) electrons. The van der Waals surface area contributed by atoms with Crippen molar-refractivity contribution in [2.24, 2.45) is 0 Å². The third kappa shape index (κ3) is 4.97. The van der Waals surface area contributed by atoms with Crippen LogP contribution in [0.3, 0.4) is 0 Å². The third-order valence-electron chi connectivity index (χ3n) is 7.08. The molecule has 0 fully saturated rings. The van der Waals surface area contributed by atoms with E-state index >= 15 is 0 Å². The highest BCUT2D eigenvalue weighted by atomic mass is 32.2. The van der Waals surface area contributed by atoms with E-state index in [1.165, 1.54) is 4.31 Å². The predicted octanol–water partition coefficient (Wildman–Crippen LogP) is 6.86. The van der Waals surface area contributed by atoms with Crippen LogP contribution in [0.1, 0.15) is 16.8 Å². The number of fused-ring (bicyclic) bond motifs is 3. The summed E-state index contributed by atoms with van der Waals surface area (Å²) in [6, 6.07) is 36.8. The molecule has 6 rings (SSSR count). The van der Waals surface area contributed by atoms with Crippen molar-refractivity contribution in [1.82, 2.24) is 13.9 Å². The van der Waals surface area contributed by atoms with Gasteiger partial charge in [0.1, 0.15) is 5.75 Å². The lowest BCUT2D eigenvalue weighted by molar-refractivity contribution is 0.396. The van der Waals surface area contributed by atoms with Gasteiger partial charge in [0.15, 0.2) is 0 Å². The molecule has 4 aromatic carbocycles. The second-order valence-electron chi connectivity index (χ2n) is 9.85. The second kappa shape index (κ2) is 10.6. The number of pyridine rings is 1. The average Bonchev–Trinajstić information content (AvgIpc) is 3.41. The molecule has 40 heavy (non-hydrogen) atoms. The van der Waals surface area contributed by atoms with E-state index < -0.39 is 10.0 Å². The lowest BCUT2D eigenvalue weighted by atomic mass is 10.1. The van der Waals surface area contributed by atoms with Gasteiger partial charge in [0.2, 0.25) is 10.0 Å². The molecule has 0 saturated heterocycles. The number of aryl methyl sites for hydroxylation is 1. The first kappa shape index (κ1) is 25.8. The number of ether oxygens (including phenoxy) is 1. The Morgan fingerprint density at radius 2 is 1.50 bits per heavy atom. The SMILES string of the molecule is COc1ccc2c(c1)cc(-c1ccccc1)n1nc(CN(Cc3ccccc3)S(=O)(=O)c3ccc(C)cc3)cc21. The molecule has 0 amide bonds. The van der Waals surface area contributed by atoms with Crippen LogP contribution in [0.25, 0.3) is 27.5 Å². The van der Waals surface area contributed by atoms with Gasteiger partial charge in [-0.2, -0.15) is 9.40 Å². The van der Waals surface area contributed by atoms with Gasteiger partial charge < -0.3 is 4.74 Å². The number of benzene rings is 4. The third-order valence-corrected chi connectivity index (χ3v) is 8.89. The predicted molar refractivity (Wildman–Crippen MR) is 159 cm³/mol. The van der Waals surface area contributed by atoms with Gasteiger partial charge in [0, 0.05) is 17.5 Å². The van der Waals surface area contributed by atoms with Gasteiger partial charge in [-0.15, -0.1) is 0 Å². The molecule has 0 saturated carbocycles. The largest absolute Gasteiger partial charge is 0.497 e. The van der Waals surface area contributed by atoms with E-state index in [9.17, 15) is 8.42 Å². The van der Waals surface area contributed by atoms with Crippen molar-refractivity contribution in [2.45, 2.75) is 24.9 Å². The van der Waals surface area contributed by atoms with E-state index in [0.29, 0.717) is 5.69 Å². The van der Waals surface area contributed by atoms with Gasteiger partial charge in [-0.05, 0) is 60.3 Å². The Labute approximate surface area is 234 Å². The van der Waals surface area contributed by atoms with E-state index in [1.807, 2.05) is 109 Å². The monoisotopic (exact) mass is 547 g/mol. The van der Waals surface area contributed by atoms with Crippen LogP contribution in [-0.4, -0.2) is 29.4 Å². The zero-order valence-electron chi connectivity index (χ0n) is 22.4. The van der Waals surface area contributed by atoms with Crippen LogP contribution >= 0.6 is 0 Å². The van der Waals surface area contributed by atoms with Crippen LogP contribution in [0.4, 0.5) is 0 Å². The van der Waals surface area contributed by atoms with Crippen molar-refractivity contribution in [3.63, 3.8) is 0 Å². The molecule has 6 aromatic rings. The summed E-state index contributed by atoms with van der Waals surface area (Å²) in [6.45, 7) is 2.30. The highest BCUT2D eigenvalue weighted by Crippen LogP contribution is 2.32. The summed E-state index contributed by atoms with van der Waals surface area (Å²) >= 11 is 0. The van der Waals surface area contributed by atoms with E-state index in [-0.39, 0.29) is 18.0 Å². The highest BCUT2D eigenvalue weighted by Gasteiger charge is 2.26. The van der Waals surface area contributed by atoms with Crippen molar-refractivity contribution in [2.75, 3.05) is 7.11 Å². The summed E-state index contributed by atoms with van der Waals surface area (Å²) in [7, 11) is -2.14. The minimum absolute atomic E-state index is 0.124. The van der Waals surface area contributed by atoms with Crippen molar-refractivity contribution >= 4 is 26.3 Å². The summed E-state index contributed by atoms with van der Waals surface area (Å²) in [5.74, 6) is 0.772. The van der Waals surface area contributed by atoms with Crippen LogP contribution in [0.15, 0.2) is 120 Å². The Morgan fingerprint density at radius 3 is 2.20 bits per heavy atom. The zero-order chi connectivity index (χ0) is 27.7. The fourth-order valence-corrected chi connectivity index (χ4v) is 6.38. The first-order chi connectivity index (χ1) is 19.4. The Kier molecular flexibility index (Phi) is 6.84. The van der Waals surface area contributed by atoms with Gasteiger partial charge in [-0.25, -0.2) is 12.9 Å². The topological polar surface area (TPSA) is 63.9 Å². The van der Waals surface area contributed by atoms with Gasteiger partial charge in [0.05, 0.1) is 35.5 Å². The van der Waals surface area contributed by atoms with Crippen LogP contribution in [0.2, 0.25) is 0 Å². The minimum atomic E-state index is -3.80. The summed E-state index contributed by atoms with van der Waals surface area (Å²) in [5, 5.41) is 6.99. The summed E-state index contributed by atoms with van der Waals surface area (Å²) in [4.78, 5) is 0.264. The van der Waals surface area contributed by atoms with E-state index in [4.69, 9.17) is 9.84 Å². The zero-order valence-corrected chi connectivity index (χ0v) is 23.2. The maximum absolute atomic E-state index is 13.9. The van der Waals surface area contributed by atoms with E-state index in [0.717, 1.165) is 44.4 Å². The summed E-state index contributed by atoms with van der Waals surface area (Å²) in [5.41, 5.74) is 5.41. The number of hydrogen-bond donors (Lipinski definition) is 0. The normalized spacial score (nSPS) is 11.9. The number of hydrogen-bond acceptors (Lipinski definition) is 4. The first-order valence-electron chi connectivity index (χ1n) is 13.1. The molecule has 200 valence electrons. The van der Waals surface area contributed by atoms with Gasteiger partial charge in [-0.1, -0.05) is 78.4 Å². The lowest BCUT2D eigenvalue weighted by Gasteiger charge is -2.21. The molecule has 0 spiro atoms. The maximum Gasteiger partial charge on any atom is 0.243 e. The Bertz CT molecular complexity index is 1900. The Balaban J connectivity index is 1.49. The lowest BCUT2D eigenvalue weighted by Crippen LogP contribution is -2.30. The van der Waals surface area contributed by atoms with Crippen LogP contribution in [0.5, 0.6) is 5.75 Å². The smallest absolute Gasteiger partial charge is 0.243 e. The van der Waals surface area contributed by atoms with Crippen LogP contribution in [0, 0.1) is 6.92 Å². The standard InChI is InChI=1S/C33H29N3O3S/c1-24-13-16-30(17-14-24)40(37,38)35(22-25-9-5-3-6-10-25)23-28-21-33-31-18-15-29(39-2)19-27(31)20-32(36(33)34-28)26-11-7-4-8-12-26/h3-21H,22-23H2,1-2H3. The molecule has 0 aliphatic heterocycles. The molecule has 0 atom stereocenters. The van der Waals surface area contributed by atoms with Crippen molar-refractivity contribution < 1.29 is 13.2 Å². The molecular weight excluding hydrogens is 518 g/mol. The van der Waals surface area contributed by atoms with Gasteiger partial charge >= 0.3 is 0 Å². The van der Waals surface area contributed by atoms with Crippen molar-refractivity contribution in [1.29, 1.82) is 0 Å². The number of sulfonamides is 1. The molecular formula is C33H29N3O3S. The van der Waals surface area contributed by atoms with Gasteiger partial charge in [0.25, 0.3) is 0 Å². The van der Waals surface area contributed by atoms with Gasteiger partial charge in [-0.3, -0.25) is 0 Å². The van der Waals surface area contributed by atoms with E-state index in [1.54, 1.807) is 19.2 Å². The number of nitrogens with zero attached hydrogens (tertiary/aromatic N) is 3. The molecule has 2 aromatic heterocycles. The minimum Gasteiger partial charge on any atom is -0.497 e. The van der Waals surface area contributed by atoms with Crippen LogP contribution in [-0.2, 0) is 23.1 Å². The van der Waals surface area contributed by atoms with Crippen LogP contribution < -0.4 is 4.74 Å². The Hall–Kier alpha value is -4.46. The molecule has 7 heteroatoms. The number of methoxy groups -OCH3 is 1. The quantitative estimate of drug-likeness (QED) is 0.209. The second-order valence-corrected chi connectivity index (χ2v) is 11.8. The van der Waals surface area contributed by atoms with E-state index in [2.05, 4.69) is 6.07 Å². The molecule has 6 nitrogen and oxygen atoms in total. The first-order valence-corrected chi connectivity index (χ1v) is 14.5. The molecule has 0 N–H and O–H groups in total. The Morgan fingerprint density at radius 1 is 0.800 bits per heavy atom. The summed E-state index contributed by atoms with van der Waals surface area (Å²) in [6.07, 6.45) is 0. The highest BCUT2D eigenvalue weighted by molar-refractivity contribution is 7.89. The fourth-order valence-electron chi connectivity index (χ4n) is 4.98. The van der Waals surface area contributed by atoms with Crippen molar-refractivity contribution in [3.8, 4) is 17.0 Å². The molecule has 2 heterocycles. The summed E-state index contributed by atoms with van der Waals surface area (Å²) < 4.78 is 36.7. The van der Waals surface area contributed by atoms with Crippen molar-refractivity contribution in [3.05, 3.63) is 132 Å². The fraction of sp³-hybridized carbons (Fsp3) is 0.121. The number of aromatic nitrogens is 2. The maximum atomic E-state index is 13.9.